The van der Waals surface area contributed by atoms with Crippen molar-refractivity contribution in [3.05, 3.63) is 46.3 Å². The van der Waals surface area contributed by atoms with E-state index < -0.39 is 0 Å². The molecule has 0 aliphatic carbocycles. The van der Waals surface area contributed by atoms with Crippen LogP contribution in [-0.4, -0.2) is 35.2 Å². The van der Waals surface area contributed by atoms with Crippen molar-refractivity contribution in [3.8, 4) is 5.88 Å². The SMILES string of the molecule is COc1ncccc1CN1CCC(CC(O)c2cccs2)CC1. The van der Waals surface area contributed by atoms with E-state index in [0.717, 1.165) is 55.2 Å². The topological polar surface area (TPSA) is 45.6 Å². The smallest absolute Gasteiger partial charge is 0.217 e. The zero-order chi connectivity index (χ0) is 16.1. The van der Waals surface area contributed by atoms with Gasteiger partial charge in [0, 0.05) is 23.2 Å². The Hall–Kier alpha value is -1.43. The molecule has 1 aliphatic rings. The van der Waals surface area contributed by atoms with Gasteiger partial charge in [-0.15, -0.1) is 11.3 Å². The summed E-state index contributed by atoms with van der Waals surface area (Å²) in [5, 5.41) is 12.3. The first-order valence-electron chi connectivity index (χ1n) is 8.18. The maximum Gasteiger partial charge on any atom is 0.217 e. The normalized spacial score (nSPS) is 18.0. The van der Waals surface area contributed by atoms with Crippen molar-refractivity contribution in [1.29, 1.82) is 0 Å². The largest absolute Gasteiger partial charge is 0.481 e. The first kappa shape index (κ1) is 16.4. The van der Waals surface area contributed by atoms with Crippen molar-refractivity contribution in [1.82, 2.24) is 9.88 Å². The molecule has 1 unspecified atom stereocenters. The molecule has 1 aliphatic heterocycles. The number of hydrogen-bond donors (Lipinski definition) is 1. The van der Waals surface area contributed by atoms with Crippen LogP contribution < -0.4 is 4.74 Å². The average molecular weight is 332 g/mol. The number of pyridine rings is 1. The van der Waals surface area contributed by atoms with Crippen molar-refractivity contribution in [3.63, 3.8) is 0 Å². The molecule has 1 saturated heterocycles. The minimum Gasteiger partial charge on any atom is -0.481 e. The molecule has 5 heteroatoms. The summed E-state index contributed by atoms with van der Waals surface area (Å²) in [4.78, 5) is 7.81. The van der Waals surface area contributed by atoms with Crippen LogP contribution >= 0.6 is 11.3 Å². The van der Waals surface area contributed by atoms with Gasteiger partial charge in [-0.2, -0.15) is 0 Å². The highest BCUT2D eigenvalue weighted by Crippen LogP contribution is 2.31. The van der Waals surface area contributed by atoms with Gasteiger partial charge >= 0.3 is 0 Å². The number of nitrogens with zero attached hydrogens (tertiary/aromatic N) is 2. The molecule has 3 rings (SSSR count). The van der Waals surface area contributed by atoms with Gasteiger partial charge in [-0.25, -0.2) is 4.98 Å². The second kappa shape index (κ2) is 7.90. The first-order valence-corrected chi connectivity index (χ1v) is 9.06. The van der Waals surface area contributed by atoms with Crippen LogP contribution in [0.15, 0.2) is 35.8 Å². The lowest BCUT2D eigenvalue weighted by molar-refractivity contribution is 0.107. The first-order chi connectivity index (χ1) is 11.3. The van der Waals surface area contributed by atoms with Gasteiger partial charge in [0.2, 0.25) is 5.88 Å². The molecule has 0 aromatic carbocycles. The Morgan fingerprint density at radius 1 is 1.35 bits per heavy atom. The van der Waals surface area contributed by atoms with Crippen LogP contribution in [0.2, 0.25) is 0 Å². The molecule has 1 atom stereocenters. The third-order valence-electron chi connectivity index (χ3n) is 4.57. The summed E-state index contributed by atoms with van der Waals surface area (Å²) in [6.45, 7) is 3.02. The van der Waals surface area contributed by atoms with Gasteiger partial charge < -0.3 is 9.84 Å². The quantitative estimate of drug-likeness (QED) is 0.879. The minimum absolute atomic E-state index is 0.301. The second-order valence-electron chi connectivity index (χ2n) is 6.16. The van der Waals surface area contributed by atoms with E-state index in [9.17, 15) is 5.11 Å². The number of ether oxygens (including phenoxy) is 1. The third kappa shape index (κ3) is 4.31. The molecule has 4 nitrogen and oxygen atoms in total. The fourth-order valence-corrected chi connectivity index (χ4v) is 3.99. The summed E-state index contributed by atoms with van der Waals surface area (Å²) in [5.74, 6) is 1.34. The van der Waals surface area contributed by atoms with E-state index in [0.29, 0.717) is 5.92 Å². The van der Waals surface area contributed by atoms with E-state index in [1.165, 1.54) is 0 Å². The number of aliphatic hydroxyl groups is 1. The molecule has 0 spiro atoms. The summed E-state index contributed by atoms with van der Waals surface area (Å²) in [7, 11) is 1.67. The van der Waals surface area contributed by atoms with E-state index in [-0.39, 0.29) is 6.10 Å². The number of rotatable bonds is 6. The van der Waals surface area contributed by atoms with Crippen molar-refractivity contribution >= 4 is 11.3 Å². The fourth-order valence-electron chi connectivity index (χ4n) is 3.26. The zero-order valence-electron chi connectivity index (χ0n) is 13.5. The summed E-state index contributed by atoms with van der Waals surface area (Å²) in [5.41, 5.74) is 1.15. The molecule has 0 saturated carbocycles. The zero-order valence-corrected chi connectivity index (χ0v) is 14.3. The molecule has 124 valence electrons. The van der Waals surface area contributed by atoms with Gasteiger partial charge in [0.05, 0.1) is 13.2 Å². The van der Waals surface area contributed by atoms with Gasteiger partial charge in [-0.05, 0) is 55.8 Å². The van der Waals surface area contributed by atoms with Gasteiger partial charge in [-0.3, -0.25) is 4.90 Å². The number of aliphatic hydroxyl groups excluding tert-OH is 1. The summed E-state index contributed by atoms with van der Waals surface area (Å²) < 4.78 is 5.33. The number of likely N-dealkylation sites (tertiary alicyclic amines) is 1. The van der Waals surface area contributed by atoms with Crippen LogP contribution in [0.3, 0.4) is 0 Å². The van der Waals surface area contributed by atoms with Crippen molar-refractivity contribution in [2.45, 2.75) is 31.9 Å². The summed E-state index contributed by atoms with van der Waals surface area (Å²) >= 11 is 1.64. The standard InChI is InChI=1S/C18H24N2O2S/c1-22-18-15(4-2-8-19-18)13-20-9-6-14(7-10-20)12-16(21)17-5-3-11-23-17/h2-5,8,11,14,16,21H,6-7,9-10,12-13H2,1H3. The Bertz CT molecular complexity index is 595. The number of aromatic nitrogens is 1. The lowest BCUT2D eigenvalue weighted by Crippen LogP contribution is -2.33. The van der Waals surface area contributed by atoms with E-state index in [1.807, 2.05) is 23.6 Å². The lowest BCUT2D eigenvalue weighted by atomic mass is 9.90. The van der Waals surface area contributed by atoms with Gasteiger partial charge in [-0.1, -0.05) is 12.1 Å². The molecule has 3 heterocycles. The van der Waals surface area contributed by atoms with Crippen LogP contribution in [0.5, 0.6) is 5.88 Å². The average Bonchev–Trinajstić information content (AvgIpc) is 3.12. The highest BCUT2D eigenvalue weighted by Gasteiger charge is 2.23. The van der Waals surface area contributed by atoms with E-state index in [4.69, 9.17) is 4.74 Å². The van der Waals surface area contributed by atoms with E-state index >= 15 is 0 Å². The molecule has 0 radical (unpaired) electrons. The third-order valence-corrected chi connectivity index (χ3v) is 5.55. The molecule has 2 aromatic heterocycles. The second-order valence-corrected chi connectivity index (χ2v) is 7.14. The molecular formula is C18H24N2O2S. The van der Waals surface area contributed by atoms with Crippen molar-refractivity contribution in [2.24, 2.45) is 5.92 Å². The number of hydrogen-bond acceptors (Lipinski definition) is 5. The molecule has 0 amide bonds. The van der Waals surface area contributed by atoms with Gasteiger partial charge in [0.1, 0.15) is 0 Å². The summed E-state index contributed by atoms with van der Waals surface area (Å²) in [6, 6.07) is 8.08. The highest BCUT2D eigenvalue weighted by atomic mass is 32.1. The molecule has 1 fully saturated rings. The number of thiophene rings is 1. The Morgan fingerprint density at radius 2 is 2.17 bits per heavy atom. The van der Waals surface area contributed by atoms with Crippen LogP contribution in [0, 0.1) is 5.92 Å². The predicted molar refractivity (Wildman–Crippen MR) is 92.7 cm³/mol. The van der Waals surface area contributed by atoms with Crippen LogP contribution in [0.25, 0.3) is 0 Å². The molecule has 0 bridgehead atoms. The predicted octanol–water partition coefficient (Wildman–Crippen LogP) is 3.49. The highest BCUT2D eigenvalue weighted by molar-refractivity contribution is 7.10. The van der Waals surface area contributed by atoms with Crippen LogP contribution in [0.1, 0.15) is 35.8 Å². The van der Waals surface area contributed by atoms with Crippen molar-refractivity contribution < 1.29 is 9.84 Å². The van der Waals surface area contributed by atoms with Gasteiger partial charge in [0.25, 0.3) is 0 Å². The maximum atomic E-state index is 10.3. The van der Waals surface area contributed by atoms with Crippen LogP contribution in [0.4, 0.5) is 0 Å². The van der Waals surface area contributed by atoms with E-state index in [1.54, 1.807) is 24.6 Å². The lowest BCUT2D eigenvalue weighted by Gasteiger charge is -2.32. The minimum atomic E-state index is -0.301. The monoisotopic (exact) mass is 332 g/mol. The fraction of sp³-hybridized carbons (Fsp3) is 0.500. The Morgan fingerprint density at radius 3 is 2.87 bits per heavy atom. The molecule has 1 N–H and O–H groups in total. The van der Waals surface area contributed by atoms with Gasteiger partial charge in [0.15, 0.2) is 0 Å². The van der Waals surface area contributed by atoms with Crippen LogP contribution in [-0.2, 0) is 6.54 Å². The number of methoxy groups -OCH3 is 1. The molecular weight excluding hydrogens is 308 g/mol. The van der Waals surface area contributed by atoms with Crippen molar-refractivity contribution in [2.75, 3.05) is 20.2 Å². The maximum absolute atomic E-state index is 10.3. The Kier molecular flexibility index (Phi) is 5.65. The Balaban J connectivity index is 1.48. The summed E-state index contributed by atoms with van der Waals surface area (Å²) in [6.07, 6.45) is 4.63. The molecule has 23 heavy (non-hydrogen) atoms. The van der Waals surface area contributed by atoms with E-state index in [2.05, 4.69) is 16.0 Å². The molecule has 2 aromatic rings. The number of piperidine rings is 1. The Labute approximate surface area is 141 Å².